The molecule has 94 valence electrons. The van der Waals surface area contributed by atoms with E-state index in [4.69, 9.17) is 0 Å². The van der Waals surface area contributed by atoms with Gasteiger partial charge in [-0.15, -0.1) is 0 Å². The largest absolute Gasteiger partial charge is 0.324 e. The van der Waals surface area contributed by atoms with Crippen molar-refractivity contribution >= 4 is 38.6 Å². The Hall–Kier alpha value is -1.81. The molecule has 0 amide bonds. The number of para-hydroxylation sites is 2. The maximum atomic E-state index is 4.67. The molecule has 3 nitrogen and oxygen atoms in total. The van der Waals surface area contributed by atoms with E-state index in [0.29, 0.717) is 0 Å². The van der Waals surface area contributed by atoms with Gasteiger partial charge in [0, 0.05) is 16.7 Å². The third-order valence-electron chi connectivity index (χ3n) is 3.57. The van der Waals surface area contributed by atoms with Crippen LogP contribution in [0.25, 0.3) is 11.0 Å². The second-order valence-electron chi connectivity index (χ2n) is 4.75. The summed E-state index contributed by atoms with van der Waals surface area (Å²) in [5.74, 6) is 0.933. The highest BCUT2D eigenvalue weighted by Crippen LogP contribution is 2.35. The summed E-state index contributed by atoms with van der Waals surface area (Å²) in [5.41, 5.74) is 4.73. The molecule has 2 heterocycles. The zero-order valence-corrected chi connectivity index (χ0v) is 11.8. The first-order chi connectivity index (χ1) is 9.31. The highest BCUT2D eigenvalue weighted by Gasteiger charge is 2.22. The van der Waals surface area contributed by atoms with Gasteiger partial charge in [-0.1, -0.05) is 28.1 Å². The minimum absolute atomic E-state index is 0.933. The van der Waals surface area contributed by atoms with E-state index in [1.165, 1.54) is 11.3 Å². The number of nitrogens with one attached hydrogen (secondary N) is 1. The smallest absolute Gasteiger partial charge is 0.208 e. The van der Waals surface area contributed by atoms with E-state index in [0.717, 1.165) is 34.4 Å². The SMILES string of the molecule is Brc1ccc2c(c1)CCN2c1nc2ccccc2[nH]1. The van der Waals surface area contributed by atoms with Crippen LogP contribution in [0.3, 0.4) is 0 Å². The minimum Gasteiger partial charge on any atom is -0.324 e. The Labute approximate surface area is 119 Å². The Morgan fingerprint density at radius 3 is 2.95 bits per heavy atom. The van der Waals surface area contributed by atoms with E-state index in [2.05, 4.69) is 55.1 Å². The predicted molar refractivity (Wildman–Crippen MR) is 80.9 cm³/mol. The van der Waals surface area contributed by atoms with Crippen LogP contribution in [0, 0.1) is 0 Å². The third kappa shape index (κ3) is 1.75. The minimum atomic E-state index is 0.933. The van der Waals surface area contributed by atoms with Gasteiger partial charge in [-0.3, -0.25) is 0 Å². The van der Waals surface area contributed by atoms with Crippen LogP contribution in [-0.4, -0.2) is 16.5 Å². The summed E-state index contributed by atoms with van der Waals surface area (Å²) in [5, 5.41) is 0. The summed E-state index contributed by atoms with van der Waals surface area (Å²) in [6.45, 7) is 0.978. The first kappa shape index (κ1) is 11.1. The molecule has 3 aromatic rings. The first-order valence-corrected chi connectivity index (χ1v) is 7.11. The van der Waals surface area contributed by atoms with Crippen LogP contribution in [0.1, 0.15) is 5.56 Å². The van der Waals surface area contributed by atoms with E-state index in [-0.39, 0.29) is 0 Å². The lowest BCUT2D eigenvalue weighted by Crippen LogP contribution is -2.14. The second kappa shape index (κ2) is 4.10. The number of H-pyrrole nitrogens is 1. The van der Waals surface area contributed by atoms with Gasteiger partial charge in [-0.05, 0) is 42.3 Å². The number of anilines is 2. The van der Waals surface area contributed by atoms with Gasteiger partial charge in [0.25, 0.3) is 0 Å². The van der Waals surface area contributed by atoms with Gasteiger partial charge >= 0.3 is 0 Å². The van der Waals surface area contributed by atoms with Crippen LogP contribution in [0.4, 0.5) is 11.6 Å². The predicted octanol–water partition coefficient (Wildman–Crippen LogP) is 4.02. The lowest BCUT2D eigenvalue weighted by molar-refractivity contribution is 0.962. The van der Waals surface area contributed by atoms with E-state index in [9.17, 15) is 0 Å². The molecule has 2 aromatic carbocycles. The van der Waals surface area contributed by atoms with Crippen LogP contribution in [0.15, 0.2) is 46.9 Å². The van der Waals surface area contributed by atoms with Crippen molar-refractivity contribution in [2.75, 3.05) is 11.4 Å². The summed E-state index contributed by atoms with van der Waals surface area (Å²) < 4.78 is 1.14. The van der Waals surface area contributed by atoms with Crippen molar-refractivity contribution < 1.29 is 0 Å². The molecule has 19 heavy (non-hydrogen) atoms. The molecule has 4 heteroatoms. The molecule has 0 spiro atoms. The monoisotopic (exact) mass is 313 g/mol. The van der Waals surface area contributed by atoms with Crippen LogP contribution in [-0.2, 0) is 6.42 Å². The number of hydrogen-bond donors (Lipinski definition) is 1. The molecule has 4 rings (SSSR count). The molecule has 0 unspecified atom stereocenters. The summed E-state index contributed by atoms with van der Waals surface area (Å²) in [6.07, 6.45) is 1.06. The van der Waals surface area contributed by atoms with Crippen LogP contribution in [0.2, 0.25) is 0 Å². The van der Waals surface area contributed by atoms with E-state index < -0.39 is 0 Å². The van der Waals surface area contributed by atoms with Gasteiger partial charge < -0.3 is 9.88 Å². The van der Waals surface area contributed by atoms with Crippen LogP contribution >= 0.6 is 15.9 Å². The highest BCUT2D eigenvalue weighted by molar-refractivity contribution is 9.10. The summed E-state index contributed by atoms with van der Waals surface area (Å²) in [4.78, 5) is 10.3. The maximum Gasteiger partial charge on any atom is 0.208 e. The van der Waals surface area contributed by atoms with Crippen molar-refractivity contribution in [2.45, 2.75) is 6.42 Å². The number of rotatable bonds is 1. The first-order valence-electron chi connectivity index (χ1n) is 6.32. The van der Waals surface area contributed by atoms with Crippen molar-refractivity contribution in [2.24, 2.45) is 0 Å². The Bertz CT molecular complexity index is 730. The Balaban J connectivity index is 1.82. The number of imidazole rings is 1. The van der Waals surface area contributed by atoms with Gasteiger partial charge in [0.15, 0.2) is 0 Å². The molecule has 0 aliphatic carbocycles. The summed E-state index contributed by atoms with van der Waals surface area (Å²) >= 11 is 3.53. The Kier molecular flexibility index (Phi) is 2.38. The standard InChI is InChI=1S/C15H12BrN3/c16-11-5-6-14-10(9-11)7-8-19(14)15-17-12-3-1-2-4-13(12)18-15/h1-6,9H,7-8H2,(H,17,18). The summed E-state index contributed by atoms with van der Waals surface area (Å²) in [6, 6.07) is 14.6. The lowest BCUT2D eigenvalue weighted by atomic mass is 10.2. The molecule has 0 radical (unpaired) electrons. The third-order valence-corrected chi connectivity index (χ3v) is 4.06. The lowest BCUT2D eigenvalue weighted by Gasteiger charge is -2.15. The fraction of sp³-hybridized carbons (Fsp3) is 0.133. The average molecular weight is 314 g/mol. The fourth-order valence-corrected chi connectivity index (χ4v) is 3.07. The van der Waals surface area contributed by atoms with Gasteiger partial charge in [-0.25, -0.2) is 4.98 Å². The number of fused-ring (bicyclic) bond motifs is 2. The number of nitrogens with zero attached hydrogens (tertiary/aromatic N) is 2. The number of benzene rings is 2. The van der Waals surface area contributed by atoms with E-state index >= 15 is 0 Å². The van der Waals surface area contributed by atoms with E-state index in [1.54, 1.807) is 0 Å². The van der Waals surface area contributed by atoms with Crippen molar-refractivity contribution in [1.29, 1.82) is 0 Å². The normalized spacial score (nSPS) is 14.1. The number of hydrogen-bond acceptors (Lipinski definition) is 2. The molecular formula is C15H12BrN3. The van der Waals surface area contributed by atoms with Crippen molar-refractivity contribution in [3.05, 3.63) is 52.5 Å². The topological polar surface area (TPSA) is 31.9 Å². The molecule has 0 bridgehead atoms. The number of aromatic nitrogens is 2. The Morgan fingerprint density at radius 1 is 1.16 bits per heavy atom. The van der Waals surface area contributed by atoms with Crippen LogP contribution in [0.5, 0.6) is 0 Å². The van der Waals surface area contributed by atoms with Gasteiger partial charge in [-0.2, -0.15) is 0 Å². The molecule has 1 N–H and O–H groups in total. The van der Waals surface area contributed by atoms with Gasteiger partial charge in [0.2, 0.25) is 5.95 Å². The molecule has 1 aromatic heterocycles. The number of halogens is 1. The number of aromatic amines is 1. The highest BCUT2D eigenvalue weighted by atomic mass is 79.9. The zero-order chi connectivity index (χ0) is 12.8. The molecule has 0 saturated carbocycles. The van der Waals surface area contributed by atoms with Crippen molar-refractivity contribution in [3.63, 3.8) is 0 Å². The molecule has 0 atom stereocenters. The molecule has 0 saturated heterocycles. The molecule has 0 fully saturated rings. The maximum absolute atomic E-state index is 4.67. The van der Waals surface area contributed by atoms with Gasteiger partial charge in [0.05, 0.1) is 11.0 Å². The van der Waals surface area contributed by atoms with Crippen LogP contribution < -0.4 is 4.90 Å². The molecule has 1 aliphatic heterocycles. The summed E-state index contributed by atoms with van der Waals surface area (Å²) in [7, 11) is 0. The molecular weight excluding hydrogens is 302 g/mol. The average Bonchev–Trinajstić information content (AvgIpc) is 3.00. The quantitative estimate of drug-likeness (QED) is 0.736. The zero-order valence-electron chi connectivity index (χ0n) is 10.2. The van der Waals surface area contributed by atoms with Crippen molar-refractivity contribution in [1.82, 2.24) is 9.97 Å². The van der Waals surface area contributed by atoms with Crippen molar-refractivity contribution in [3.8, 4) is 0 Å². The van der Waals surface area contributed by atoms with Gasteiger partial charge in [0.1, 0.15) is 0 Å². The molecule has 1 aliphatic rings. The fourth-order valence-electron chi connectivity index (χ4n) is 2.66. The second-order valence-corrected chi connectivity index (χ2v) is 5.67. The van der Waals surface area contributed by atoms with E-state index in [1.807, 2.05) is 18.2 Å². The Morgan fingerprint density at radius 2 is 2.05 bits per heavy atom.